The number of aryl methyl sites for hydroxylation is 2. The standard InChI is InChI=1S/C18H28N4O2.ClH/c1-5-14-11(2)19-12(3)20-18(14)22-8-15(13-6-7-13)16(9-22)21-17(23)10-24-4;/h13,15-16H,5-10H2,1-4H3,(H,21,23);1H/t15-,16+;/m1./s1. The van der Waals surface area contributed by atoms with Crippen LogP contribution in [0.5, 0.6) is 0 Å². The molecule has 1 N–H and O–H groups in total. The maximum atomic E-state index is 12.0. The summed E-state index contributed by atoms with van der Waals surface area (Å²) in [5, 5.41) is 3.17. The van der Waals surface area contributed by atoms with E-state index in [1.807, 2.05) is 6.92 Å². The number of hydrogen-bond donors (Lipinski definition) is 1. The third kappa shape index (κ3) is 4.42. The summed E-state index contributed by atoms with van der Waals surface area (Å²) in [4.78, 5) is 23.6. The topological polar surface area (TPSA) is 67.4 Å². The zero-order valence-electron chi connectivity index (χ0n) is 15.5. The molecule has 7 heteroatoms. The molecule has 1 aliphatic carbocycles. The number of nitrogens with one attached hydrogen (secondary N) is 1. The molecule has 140 valence electrons. The first-order valence-corrected chi connectivity index (χ1v) is 8.90. The maximum Gasteiger partial charge on any atom is 0.246 e. The number of methoxy groups -OCH3 is 1. The number of amides is 1. The average Bonchev–Trinajstić information content (AvgIpc) is 3.28. The third-order valence-electron chi connectivity index (χ3n) is 5.17. The molecular weight excluding hydrogens is 340 g/mol. The Kier molecular flexibility index (Phi) is 6.63. The van der Waals surface area contributed by atoms with Crippen LogP contribution in [0.15, 0.2) is 0 Å². The van der Waals surface area contributed by atoms with Crippen molar-refractivity contribution in [2.24, 2.45) is 11.8 Å². The van der Waals surface area contributed by atoms with Crippen LogP contribution >= 0.6 is 12.4 Å². The van der Waals surface area contributed by atoms with Crippen molar-refractivity contribution in [3.05, 3.63) is 17.1 Å². The van der Waals surface area contributed by atoms with E-state index in [1.54, 1.807) is 7.11 Å². The molecule has 1 saturated carbocycles. The van der Waals surface area contributed by atoms with Crippen molar-refractivity contribution in [1.29, 1.82) is 0 Å². The highest BCUT2D eigenvalue weighted by Crippen LogP contribution is 2.42. The highest BCUT2D eigenvalue weighted by atomic mass is 35.5. The van der Waals surface area contributed by atoms with E-state index in [0.717, 1.165) is 42.8 Å². The quantitative estimate of drug-likeness (QED) is 0.832. The van der Waals surface area contributed by atoms with Crippen LogP contribution in [0.1, 0.15) is 36.8 Å². The Morgan fingerprint density at radius 3 is 2.60 bits per heavy atom. The van der Waals surface area contributed by atoms with Crippen LogP contribution < -0.4 is 10.2 Å². The predicted molar refractivity (Wildman–Crippen MR) is 100 cm³/mol. The van der Waals surface area contributed by atoms with E-state index in [-0.39, 0.29) is 31.0 Å². The fourth-order valence-electron chi connectivity index (χ4n) is 3.93. The number of carbonyl (C=O) groups excluding carboxylic acids is 1. The Bertz CT molecular complexity index is 621. The van der Waals surface area contributed by atoms with Gasteiger partial charge in [0.1, 0.15) is 18.2 Å². The molecule has 0 bridgehead atoms. The van der Waals surface area contributed by atoms with Crippen molar-refractivity contribution >= 4 is 24.1 Å². The molecule has 3 rings (SSSR count). The smallest absolute Gasteiger partial charge is 0.246 e. The first-order chi connectivity index (χ1) is 11.5. The van der Waals surface area contributed by atoms with E-state index in [2.05, 4.69) is 29.0 Å². The second kappa shape index (κ2) is 8.32. The molecule has 1 aromatic rings. The van der Waals surface area contributed by atoms with E-state index < -0.39 is 0 Å². The van der Waals surface area contributed by atoms with Crippen LogP contribution in [0, 0.1) is 25.7 Å². The molecule has 1 amide bonds. The lowest BCUT2D eigenvalue weighted by molar-refractivity contribution is -0.125. The van der Waals surface area contributed by atoms with Crippen LogP contribution in [-0.2, 0) is 16.0 Å². The van der Waals surface area contributed by atoms with Gasteiger partial charge in [0.2, 0.25) is 5.91 Å². The molecule has 2 atom stereocenters. The van der Waals surface area contributed by atoms with Crippen molar-refractivity contribution in [3.63, 3.8) is 0 Å². The molecule has 2 heterocycles. The van der Waals surface area contributed by atoms with E-state index in [4.69, 9.17) is 9.72 Å². The van der Waals surface area contributed by atoms with Gasteiger partial charge < -0.3 is 15.0 Å². The number of rotatable bonds is 6. The predicted octanol–water partition coefficient (Wildman–Crippen LogP) is 2.06. The van der Waals surface area contributed by atoms with Crippen molar-refractivity contribution in [2.45, 2.75) is 46.1 Å². The van der Waals surface area contributed by atoms with Gasteiger partial charge in [0.05, 0.1) is 6.04 Å². The molecule has 0 aromatic carbocycles. The lowest BCUT2D eigenvalue weighted by atomic mass is 9.98. The Morgan fingerprint density at radius 1 is 1.28 bits per heavy atom. The van der Waals surface area contributed by atoms with Crippen molar-refractivity contribution in [2.75, 3.05) is 31.7 Å². The molecule has 0 radical (unpaired) electrons. The van der Waals surface area contributed by atoms with Gasteiger partial charge in [-0.1, -0.05) is 6.92 Å². The minimum atomic E-state index is -0.0271. The molecule has 1 aromatic heterocycles. The lowest BCUT2D eigenvalue weighted by Crippen LogP contribution is -2.42. The summed E-state index contributed by atoms with van der Waals surface area (Å²) in [6, 6.07) is 0.181. The molecule has 0 spiro atoms. The fraction of sp³-hybridized carbons (Fsp3) is 0.722. The second-order valence-corrected chi connectivity index (χ2v) is 7.03. The van der Waals surface area contributed by atoms with E-state index in [9.17, 15) is 4.79 Å². The first-order valence-electron chi connectivity index (χ1n) is 8.90. The molecule has 25 heavy (non-hydrogen) atoms. The van der Waals surface area contributed by atoms with Crippen molar-refractivity contribution in [3.8, 4) is 0 Å². The van der Waals surface area contributed by atoms with Crippen molar-refractivity contribution < 1.29 is 9.53 Å². The van der Waals surface area contributed by atoms with Crippen LogP contribution in [0.2, 0.25) is 0 Å². The molecule has 0 unspecified atom stereocenters. The number of carbonyl (C=O) groups is 1. The van der Waals surface area contributed by atoms with Gasteiger partial charge in [-0.15, -0.1) is 12.4 Å². The summed E-state index contributed by atoms with van der Waals surface area (Å²) in [7, 11) is 1.55. The number of anilines is 1. The summed E-state index contributed by atoms with van der Waals surface area (Å²) < 4.78 is 4.96. The summed E-state index contributed by atoms with van der Waals surface area (Å²) in [5.74, 6) is 3.08. The van der Waals surface area contributed by atoms with Crippen molar-refractivity contribution in [1.82, 2.24) is 15.3 Å². The van der Waals surface area contributed by atoms with Gasteiger partial charge >= 0.3 is 0 Å². The Hall–Kier alpha value is -1.40. The average molecular weight is 369 g/mol. The van der Waals surface area contributed by atoms with Gasteiger partial charge in [-0.05, 0) is 39.0 Å². The van der Waals surface area contributed by atoms with Crippen LogP contribution in [0.4, 0.5) is 5.82 Å². The fourth-order valence-corrected chi connectivity index (χ4v) is 3.93. The van der Waals surface area contributed by atoms with E-state index >= 15 is 0 Å². The molecule has 2 fully saturated rings. The van der Waals surface area contributed by atoms with Gasteiger partial charge in [0, 0.05) is 37.4 Å². The normalized spacial score (nSPS) is 22.6. The van der Waals surface area contributed by atoms with E-state index in [0.29, 0.717) is 5.92 Å². The number of hydrogen-bond acceptors (Lipinski definition) is 5. The molecule has 2 aliphatic rings. The molecular formula is C18H29ClN4O2. The SMILES string of the molecule is CCc1c(C)nc(C)nc1N1C[C@H](NC(=O)COC)[C@@H](C2CC2)C1.Cl. The Labute approximate surface area is 156 Å². The monoisotopic (exact) mass is 368 g/mol. The third-order valence-corrected chi connectivity index (χ3v) is 5.17. The second-order valence-electron chi connectivity index (χ2n) is 7.03. The van der Waals surface area contributed by atoms with Crippen LogP contribution in [0.3, 0.4) is 0 Å². The highest BCUT2D eigenvalue weighted by molar-refractivity contribution is 5.85. The van der Waals surface area contributed by atoms with Gasteiger partial charge in [-0.25, -0.2) is 9.97 Å². The first kappa shape index (κ1) is 19.9. The van der Waals surface area contributed by atoms with Crippen LogP contribution in [0.25, 0.3) is 0 Å². The van der Waals surface area contributed by atoms with Gasteiger partial charge in [0.15, 0.2) is 0 Å². The van der Waals surface area contributed by atoms with Crippen LogP contribution in [-0.4, -0.2) is 48.7 Å². The van der Waals surface area contributed by atoms with Gasteiger partial charge in [0.25, 0.3) is 0 Å². The molecule has 1 saturated heterocycles. The number of halogens is 1. The largest absolute Gasteiger partial charge is 0.375 e. The minimum absolute atomic E-state index is 0. The highest BCUT2D eigenvalue weighted by Gasteiger charge is 2.43. The zero-order valence-corrected chi connectivity index (χ0v) is 16.4. The maximum absolute atomic E-state index is 12.0. The minimum Gasteiger partial charge on any atom is -0.375 e. The molecule has 6 nitrogen and oxygen atoms in total. The number of aromatic nitrogens is 2. The summed E-state index contributed by atoms with van der Waals surface area (Å²) in [6.45, 7) is 8.06. The number of ether oxygens (including phenoxy) is 1. The number of nitrogens with zero attached hydrogens (tertiary/aromatic N) is 3. The van der Waals surface area contributed by atoms with Gasteiger partial charge in [-0.3, -0.25) is 4.79 Å². The van der Waals surface area contributed by atoms with Gasteiger partial charge in [-0.2, -0.15) is 0 Å². The van der Waals surface area contributed by atoms with E-state index in [1.165, 1.54) is 18.4 Å². The lowest BCUT2D eigenvalue weighted by Gasteiger charge is -2.22. The summed E-state index contributed by atoms with van der Waals surface area (Å²) in [6.07, 6.45) is 3.47. The Morgan fingerprint density at radius 2 is 2.00 bits per heavy atom. The summed E-state index contributed by atoms with van der Waals surface area (Å²) in [5.41, 5.74) is 2.29. The molecule has 1 aliphatic heterocycles. The Balaban J connectivity index is 0.00000225. The zero-order chi connectivity index (χ0) is 17.3. The summed E-state index contributed by atoms with van der Waals surface area (Å²) >= 11 is 0.